The number of hydrogen-bond donors (Lipinski definition) is 0. The second-order valence-electron chi connectivity index (χ2n) is 4.91. The van der Waals surface area contributed by atoms with Crippen LogP contribution in [0.25, 0.3) is 0 Å². The van der Waals surface area contributed by atoms with E-state index in [4.69, 9.17) is 0 Å². The van der Waals surface area contributed by atoms with Crippen molar-refractivity contribution in [3.8, 4) is 0 Å². The van der Waals surface area contributed by atoms with E-state index in [-0.39, 0.29) is 16.2 Å². The van der Waals surface area contributed by atoms with E-state index in [9.17, 15) is 13.2 Å². The van der Waals surface area contributed by atoms with Gasteiger partial charge in [-0.15, -0.1) is 11.8 Å². The highest BCUT2D eigenvalue weighted by Gasteiger charge is 2.34. The highest BCUT2D eigenvalue weighted by Crippen LogP contribution is 2.35. The molecule has 3 rings (SSSR count). The zero-order valence-corrected chi connectivity index (χ0v) is 13.9. The van der Waals surface area contributed by atoms with Gasteiger partial charge in [0.05, 0.1) is 10.6 Å². The largest absolute Gasteiger partial charge is 0.288 e. The maximum Gasteiger partial charge on any atom is 0.264 e. The first-order valence-electron chi connectivity index (χ1n) is 6.86. The Labute approximate surface area is 134 Å². The van der Waals surface area contributed by atoms with Crippen molar-refractivity contribution in [2.24, 2.45) is 0 Å². The molecule has 0 saturated carbocycles. The number of rotatable bonds is 2. The maximum atomic E-state index is 12.9. The Hall–Kier alpha value is -1.79. The van der Waals surface area contributed by atoms with Gasteiger partial charge in [-0.2, -0.15) is 0 Å². The Kier molecular flexibility index (Phi) is 3.74. The van der Waals surface area contributed by atoms with Crippen LogP contribution < -0.4 is 4.31 Å². The lowest BCUT2D eigenvalue weighted by molar-refractivity contribution is 0.103. The van der Waals surface area contributed by atoms with E-state index >= 15 is 0 Å². The molecule has 0 bridgehead atoms. The van der Waals surface area contributed by atoms with E-state index in [0.29, 0.717) is 11.3 Å². The van der Waals surface area contributed by atoms with Crippen molar-refractivity contribution in [2.75, 3.05) is 17.1 Å². The molecule has 1 aliphatic rings. The number of hydrogen-bond acceptors (Lipinski definition) is 4. The van der Waals surface area contributed by atoms with Crippen LogP contribution in [0.3, 0.4) is 0 Å². The summed E-state index contributed by atoms with van der Waals surface area (Å²) < 4.78 is 26.9. The molecule has 1 aliphatic heterocycles. The van der Waals surface area contributed by atoms with Crippen LogP contribution in [0.15, 0.2) is 52.3 Å². The molecular formula is C16H15NO3S2. The minimum Gasteiger partial charge on any atom is -0.288 e. The van der Waals surface area contributed by atoms with Crippen LogP contribution in [0.4, 0.5) is 5.69 Å². The summed E-state index contributed by atoms with van der Waals surface area (Å²) in [4.78, 5) is 13.7. The third-order valence-electron chi connectivity index (χ3n) is 3.64. The predicted octanol–water partition coefficient (Wildman–Crippen LogP) is 3.17. The van der Waals surface area contributed by atoms with Gasteiger partial charge in [-0.1, -0.05) is 19.1 Å². The number of anilines is 1. The molecule has 4 nitrogen and oxygen atoms in total. The Morgan fingerprint density at radius 2 is 1.82 bits per heavy atom. The second kappa shape index (κ2) is 5.44. The van der Waals surface area contributed by atoms with Crippen molar-refractivity contribution in [3.63, 3.8) is 0 Å². The van der Waals surface area contributed by atoms with Gasteiger partial charge in [0.1, 0.15) is 0 Å². The number of ketones is 1. The van der Waals surface area contributed by atoms with Crippen LogP contribution in [0.1, 0.15) is 22.8 Å². The molecule has 1 heterocycles. The highest BCUT2D eigenvalue weighted by molar-refractivity contribution is 7.99. The first kappa shape index (κ1) is 15.1. The molecule has 0 radical (unpaired) electrons. The molecule has 0 fully saturated rings. The SMILES string of the molecule is CCSc1ccc2c(c1)S(=O)(=O)N(C)c1ccccc1C2=O. The molecule has 0 N–H and O–H groups in total. The molecule has 2 aromatic carbocycles. The third-order valence-corrected chi connectivity index (χ3v) is 6.32. The monoisotopic (exact) mass is 333 g/mol. The predicted molar refractivity (Wildman–Crippen MR) is 88.3 cm³/mol. The van der Waals surface area contributed by atoms with E-state index in [1.165, 1.54) is 11.4 Å². The first-order valence-corrected chi connectivity index (χ1v) is 9.29. The van der Waals surface area contributed by atoms with E-state index in [2.05, 4.69) is 0 Å². The van der Waals surface area contributed by atoms with Gasteiger partial charge in [-0.05, 0) is 36.1 Å². The summed E-state index contributed by atoms with van der Waals surface area (Å²) in [6, 6.07) is 11.8. The Morgan fingerprint density at radius 3 is 2.55 bits per heavy atom. The zero-order chi connectivity index (χ0) is 15.9. The normalized spacial score (nSPS) is 15.9. The van der Waals surface area contributed by atoms with Crippen molar-refractivity contribution < 1.29 is 13.2 Å². The van der Waals surface area contributed by atoms with Crippen LogP contribution in [-0.4, -0.2) is 27.0 Å². The highest BCUT2D eigenvalue weighted by atomic mass is 32.2. The molecule has 0 atom stereocenters. The van der Waals surface area contributed by atoms with E-state index in [1.54, 1.807) is 54.2 Å². The van der Waals surface area contributed by atoms with Crippen LogP contribution in [0.5, 0.6) is 0 Å². The Morgan fingerprint density at radius 1 is 1.09 bits per heavy atom. The van der Waals surface area contributed by atoms with Crippen molar-refractivity contribution in [3.05, 3.63) is 53.6 Å². The van der Waals surface area contributed by atoms with Crippen LogP contribution in [0, 0.1) is 0 Å². The summed E-state index contributed by atoms with van der Waals surface area (Å²) in [5.74, 6) is 0.578. The fourth-order valence-corrected chi connectivity index (χ4v) is 4.72. The number of fused-ring (bicyclic) bond motifs is 2. The molecule has 0 saturated heterocycles. The average molecular weight is 333 g/mol. The first-order chi connectivity index (χ1) is 10.5. The summed E-state index contributed by atoms with van der Waals surface area (Å²) in [5.41, 5.74) is 1.05. The summed E-state index contributed by atoms with van der Waals surface area (Å²) in [5, 5.41) is 0. The number of nitrogens with zero attached hydrogens (tertiary/aromatic N) is 1. The number of para-hydroxylation sites is 1. The fourth-order valence-electron chi connectivity index (χ4n) is 2.52. The lowest BCUT2D eigenvalue weighted by Crippen LogP contribution is -2.26. The van der Waals surface area contributed by atoms with Gasteiger partial charge >= 0.3 is 0 Å². The summed E-state index contributed by atoms with van der Waals surface area (Å²) in [7, 11) is -2.26. The Bertz CT molecular complexity index is 859. The van der Waals surface area contributed by atoms with Gasteiger partial charge in [0.15, 0.2) is 5.78 Å². The quantitative estimate of drug-likeness (QED) is 0.792. The van der Waals surface area contributed by atoms with Gasteiger partial charge in [0.25, 0.3) is 10.0 Å². The lowest BCUT2D eigenvalue weighted by atomic mass is 10.0. The topological polar surface area (TPSA) is 54.5 Å². The maximum absolute atomic E-state index is 12.9. The number of sulfonamides is 1. The van der Waals surface area contributed by atoms with Gasteiger partial charge in [-0.25, -0.2) is 8.42 Å². The van der Waals surface area contributed by atoms with E-state index in [0.717, 1.165) is 10.6 Å². The van der Waals surface area contributed by atoms with Gasteiger partial charge in [0.2, 0.25) is 0 Å². The standard InChI is InChI=1S/C16H15NO3S2/c1-3-21-11-8-9-13-15(10-11)22(19,20)17(2)14-7-5-4-6-12(14)16(13)18/h4-10H,3H2,1-2H3. The third kappa shape index (κ3) is 2.23. The molecule has 0 aromatic heterocycles. The fraction of sp³-hybridized carbons (Fsp3) is 0.188. The lowest BCUT2D eigenvalue weighted by Gasteiger charge is -2.19. The molecule has 0 spiro atoms. The molecule has 6 heteroatoms. The average Bonchev–Trinajstić information content (AvgIpc) is 2.58. The minimum atomic E-state index is -3.75. The minimum absolute atomic E-state index is 0.0784. The van der Waals surface area contributed by atoms with Crippen molar-refractivity contribution in [2.45, 2.75) is 16.7 Å². The summed E-state index contributed by atoms with van der Waals surface area (Å²) in [6.07, 6.45) is 0. The van der Waals surface area contributed by atoms with Crippen molar-refractivity contribution >= 4 is 33.3 Å². The number of carbonyl (C=O) groups excluding carboxylic acids is 1. The van der Waals surface area contributed by atoms with Crippen molar-refractivity contribution in [1.29, 1.82) is 0 Å². The summed E-state index contributed by atoms with van der Waals surface area (Å²) >= 11 is 1.55. The molecule has 22 heavy (non-hydrogen) atoms. The molecule has 0 aliphatic carbocycles. The molecular weight excluding hydrogens is 318 g/mol. The van der Waals surface area contributed by atoms with Gasteiger partial charge in [-0.3, -0.25) is 9.10 Å². The smallest absolute Gasteiger partial charge is 0.264 e. The summed E-state index contributed by atoms with van der Waals surface area (Å²) in [6.45, 7) is 2.00. The molecule has 0 amide bonds. The second-order valence-corrected chi connectivity index (χ2v) is 8.18. The van der Waals surface area contributed by atoms with Gasteiger partial charge < -0.3 is 0 Å². The van der Waals surface area contributed by atoms with Gasteiger partial charge in [0, 0.05) is 23.1 Å². The number of carbonyl (C=O) groups is 1. The van der Waals surface area contributed by atoms with Crippen LogP contribution in [0.2, 0.25) is 0 Å². The number of benzene rings is 2. The van der Waals surface area contributed by atoms with Crippen molar-refractivity contribution in [1.82, 2.24) is 0 Å². The zero-order valence-electron chi connectivity index (χ0n) is 12.2. The number of thioether (sulfide) groups is 1. The molecule has 114 valence electrons. The van der Waals surface area contributed by atoms with E-state index in [1.807, 2.05) is 6.92 Å². The van der Waals surface area contributed by atoms with E-state index < -0.39 is 10.0 Å². The van der Waals surface area contributed by atoms with Crippen LogP contribution >= 0.6 is 11.8 Å². The molecule has 0 unspecified atom stereocenters. The molecule has 2 aromatic rings. The van der Waals surface area contributed by atoms with Crippen LogP contribution in [-0.2, 0) is 10.0 Å². The Balaban J connectivity index is 2.32.